The Balaban J connectivity index is 1.82. The van der Waals surface area contributed by atoms with Crippen molar-refractivity contribution in [1.29, 1.82) is 0 Å². The summed E-state index contributed by atoms with van der Waals surface area (Å²) in [5, 5.41) is 3.40. The van der Waals surface area contributed by atoms with E-state index >= 15 is 0 Å². The molecule has 3 nitrogen and oxygen atoms in total. The van der Waals surface area contributed by atoms with E-state index in [1.807, 2.05) is 0 Å². The van der Waals surface area contributed by atoms with Gasteiger partial charge in [-0.1, -0.05) is 6.42 Å². The molecule has 0 aromatic heterocycles. The first-order chi connectivity index (χ1) is 6.88. The lowest BCUT2D eigenvalue weighted by molar-refractivity contribution is -0.0301. The molecule has 14 heavy (non-hydrogen) atoms. The van der Waals surface area contributed by atoms with Crippen LogP contribution in [0.25, 0.3) is 0 Å². The van der Waals surface area contributed by atoms with E-state index in [0.29, 0.717) is 12.1 Å². The number of morpholine rings is 1. The van der Waals surface area contributed by atoms with E-state index in [-0.39, 0.29) is 0 Å². The Morgan fingerprint density at radius 2 is 2.07 bits per heavy atom. The Hall–Kier alpha value is -0.120. The van der Waals surface area contributed by atoms with Crippen LogP contribution < -0.4 is 5.32 Å². The van der Waals surface area contributed by atoms with Crippen LogP contribution in [0.5, 0.6) is 0 Å². The summed E-state index contributed by atoms with van der Waals surface area (Å²) < 4.78 is 5.79. The minimum absolute atomic E-state index is 0.404. The third-order valence-electron chi connectivity index (χ3n) is 3.46. The number of rotatable bonds is 2. The first-order valence-electron chi connectivity index (χ1n) is 5.94. The van der Waals surface area contributed by atoms with Crippen molar-refractivity contribution in [2.24, 2.45) is 0 Å². The lowest BCUT2D eigenvalue weighted by Gasteiger charge is -2.38. The van der Waals surface area contributed by atoms with Crippen LogP contribution in [0.15, 0.2) is 0 Å². The van der Waals surface area contributed by atoms with E-state index in [1.165, 1.54) is 32.4 Å². The highest BCUT2D eigenvalue weighted by Crippen LogP contribution is 2.16. The van der Waals surface area contributed by atoms with Gasteiger partial charge in [-0.25, -0.2) is 0 Å². The maximum Gasteiger partial charge on any atom is 0.0852 e. The molecule has 2 fully saturated rings. The lowest BCUT2D eigenvalue weighted by atomic mass is 10.1. The van der Waals surface area contributed by atoms with E-state index in [1.54, 1.807) is 0 Å². The summed E-state index contributed by atoms with van der Waals surface area (Å²) in [7, 11) is 0. The molecule has 2 atom stereocenters. The zero-order chi connectivity index (χ0) is 9.80. The van der Waals surface area contributed by atoms with Gasteiger partial charge in [0.15, 0.2) is 0 Å². The molecule has 0 aromatic carbocycles. The van der Waals surface area contributed by atoms with E-state index < -0.39 is 0 Å². The number of ether oxygens (including phenoxy) is 1. The zero-order valence-electron chi connectivity index (χ0n) is 9.17. The largest absolute Gasteiger partial charge is 0.374 e. The fraction of sp³-hybridized carbons (Fsp3) is 1.00. The van der Waals surface area contributed by atoms with Crippen molar-refractivity contribution >= 4 is 0 Å². The quantitative estimate of drug-likeness (QED) is 0.712. The molecule has 2 saturated heterocycles. The number of likely N-dealkylation sites (tertiary alicyclic amines) is 1. The highest BCUT2D eigenvalue weighted by molar-refractivity contribution is 4.81. The maximum atomic E-state index is 5.79. The normalized spacial score (nSPS) is 32.8. The minimum atomic E-state index is 0.404. The summed E-state index contributed by atoms with van der Waals surface area (Å²) in [5.41, 5.74) is 0. The number of nitrogens with zero attached hydrogens (tertiary/aromatic N) is 1. The van der Waals surface area contributed by atoms with Gasteiger partial charge in [-0.2, -0.15) is 0 Å². The van der Waals surface area contributed by atoms with Crippen molar-refractivity contribution in [2.75, 3.05) is 32.8 Å². The Labute approximate surface area is 86.8 Å². The van der Waals surface area contributed by atoms with E-state index in [9.17, 15) is 0 Å². The molecule has 82 valence electrons. The van der Waals surface area contributed by atoms with Gasteiger partial charge in [0.25, 0.3) is 0 Å². The molecule has 2 heterocycles. The third kappa shape index (κ3) is 2.47. The molecule has 2 unspecified atom stereocenters. The van der Waals surface area contributed by atoms with E-state index in [2.05, 4.69) is 17.1 Å². The van der Waals surface area contributed by atoms with Gasteiger partial charge in [0.2, 0.25) is 0 Å². The van der Waals surface area contributed by atoms with Crippen molar-refractivity contribution in [3.05, 3.63) is 0 Å². The maximum absolute atomic E-state index is 5.79. The van der Waals surface area contributed by atoms with Gasteiger partial charge in [-0.3, -0.25) is 4.90 Å². The van der Waals surface area contributed by atoms with Crippen molar-refractivity contribution in [2.45, 2.75) is 38.3 Å². The Morgan fingerprint density at radius 3 is 2.71 bits per heavy atom. The highest BCUT2D eigenvalue weighted by atomic mass is 16.5. The number of hydrogen-bond donors (Lipinski definition) is 1. The van der Waals surface area contributed by atoms with E-state index in [4.69, 9.17) is 4.74 Å². The molecule has 2 aliphatic heterocycles. The van der Waals surface area contributed by atoms with Crippen LogP contribution in [0, 0.1) is 0 Å². The van der Waals surface area contributed by atoms with Crippen molar-refractivity contribution in [3.63, 3.8) is 0 Å². The second-order valence-electron chi connectivity index (χ2n) is 4.45. The Kier molecular flexibility index (Phi) is 3.79. The molecule has 0 aromatic rings. The summed E-state index contributed by atoms with van der Waals surface area (Å²) in [6.45, 7) is 7.76. The number of piperidine rings is 1. The monoisotopic (exact) mass is 198 g/mol. The smallest absolute Gasteiger partial charge is 0.0852 e. The topological polar surface area (TPSA) is 24.5 Å². The molecule has 1 N–H and O–H groups in total. The molecule has 0 bridgehead atoms. The summed E-state index contributed by atoms with van der Waals surface area (Å²) >= 11 is 0. The van der Waals surface area contributed by atoms with Gasteiger partial charge in [-0.05, 0) is 32.9 Å². The molecular formula is C11H22N2O. The first kappa shape index (κ1) is 10.4. The fourth-order valence-electron chi connectivity index (χ4n) is 2.46. The summed E-state index contributed by atoms with van der Waals surface area (Å²) in [6, 6.07) is 0.586. The molecule has 0 aliphatic carbocycles. The summed E-state index contributed by atoms with van der Waals surface area (Å²) in [4.78, 5) is 2.58. The van der Waals surface area contributed by atoms with Gasteiger partial charge in [0.05, 0.1) is 12.7 Å². The first-order valence-corrected chi connectivity index (χ1v) is 5.94. The molecular weight excluding hydrogens is 176 g/mol. The van der Waals surface area contributed by atoms with E-state index in [0.717, 1.165) is 19.7 Å². The lowest BCUT2D eigenvalue weighted by Crippen LogP contribution is -2.52. The average molecular weight is 198 g/mol. The summed E-state index contributed by atoms with van der Waals surface area (Å²) in [5.74, 6) is 0. The van der Waals surface area contributed by atoms with Crippen LogP contribution in [0.1, 0.15) is 26.2 Å². The Bertz CT molecular complexity index is 145. The zero-order valence-corrected chi connectivity index (χ0v) is 9.17. The standard InChI is InChI=1S/C11H22N2O/c1-10(11-9-12-5-8-14-11)13-6-3-2-4-7-13/h10-12H,2-9H2,1H3. The van der Waals surface area contributed by atoms with Crippen LogP contribution in [0.2, 0.25) is 0 Å². The summed E-state index contributed by atoms with van der Waals surface area (Å²) in [6.07, 6.45) is 4.55. The highest BCUT2D eigenvalue weighted by Gasteiger charge is 2.26. The van der Waals surface area contributed by atoms with Crippen LogP contribution in [-0.4, -0.2) is 49.8 Å². The van der Waals surface area contributed by atoms with Gasteiger partial charge in [-0.15, -0.1) is 0 Å². The SMILES string of the molecule is CC(C1CNCCO1)N1CCCCC1. The predicted molar refractivity (Wildman–Crippen MR) is 57.5 cm³/mol. The third-order valence-corrected chi connectivity index (χ3v) is 3.46. The molecule has 2 aliphatic rings. The number of nitrogens with one attached hydrogen (secondary N) is 1. The van der Waals surface area contributed by atoms with Crippen LogP contribution >= 0.6 is 0 Å². The van der Waals surface area contributed by atoms with Crippen LogP contribution in [-0.2, 0) is 4.74 Å². The molecule has 0 amide bonds. The van der Waals surface area contributed by atoms with Gasteiger partial charge in [0, 0.05) is 19.1 Å². The van der Waals surface area contributed by atoms with Crippen molar-refractivity contribution < 1.29 is 4.74 Å². The van der Waals surface area contributed by atoms with Gasteiger partial charge >= 0.3 is 0 Å². The molecule has 3 heteroatoms. The molecule has 0 radical (unpaired) electrons. The van der Waals surface area contributed by atoms with Gasteiger partial charge < -0.3 is 10.1 Å². The molecule has 0 spiro atoms. The van der Waals surface area contributed by atoms with Gasteiger partial charge in [0.1, 0.15) is 0 Å². The van der Waals surface area contributed by atoms with Crippen LogP contribution in [0.4, 0.5) is 0 Å². The molecule has 2 rings (SSSR count). The second kappa shape index (κ2) is 5.10. The minimum Gasteiger partial charge on any atom is -0.374 e. The fourth-order valence-corrected chi connectivity index (χ4v) is 2.46. The van der Waals surface area contributed by atoms with Crippen LogP contribution in [0.3, 0.4) is 0 Å². The Morgan fingerprint density at radius 1 is 1.29 bits per heavy atom. The number of hydrogen-bond acceptors (Lipinski definition) is 3. The second-order valence-corrected chi connectivity index (χ2v) is 4.45. The average Bonchev–Trinajstić information content (AvgIpc) is 2.30. The molecule has 0 saturated carbocycles. The predicted octanol–water partition coefficient (Wildman–Crippen LogP) is 0.849. The van der Waals surface area contributed by atoms with Crippen molar-refractivity contribution in [3.8, 4) is 0 Å². The van der Waals surface area contributed by atoms with Crippen molar-refractivity contribution in [1.82, 2.24) is 10.2 Å².